The van der Waals surface area contributed by atoms with Gasteiger partial charge in [-0.05, 0) is 23.1 Å². The number of rotatable bonds is 5. The van der Waals surface area contributed by atoms with Gasteiger partial charge in [0.05, 0.1) is 17.1 Å². The summed E-state index contributed by atoms with van der Waals surface area (Å²) in [5.41, 5.74) is 2.00. The molecule has 0 fully saturated rings. The van der Waals surface area contributed by atoms with E-state index in [9.17, 15) is 4.79 Å². The van der Waals surface area contributed by atoms with E-state index in [2.05, 4.69) is 6.58 Å². The lowest BCUT2D eigenvalue weighted by atomic mass is 10.2. The van der Waals surface area contributed by atoms with Gasteiger partial charge in [-0.3, -0.25) is 4.79 Å². The van der Waals surface area contributed by atoms with Crippen LogP contribution in [0.25, 0.3) is 5.70 Å². The maximum atomic E-state index is 12.0. The number of hydrogen-bond donors (Lipinski definition) is 0. The van der Waals surface area contributed by atoms with Crippen LogP contribution < -0.4 is 0 Å². The molecule has 2 nitrogen and oxygen atoms in total. The molecule has 1 amide bonds. The molecule has 102 valence electrons. The van der Waals surface area contributed by atoms with Crippen LogP contribution in [0.5, 0.6) is 0 Å². The molecule has 3 heteroatoms. The third kappa shape index (κ3) is 3.45. The summed E-state index contributed by atoms with van der Waals surface area (Å²) in [7, 11) is 0. The van der Waals surface area contributed by atoms with E-state index in [1.54, 1.807) is 29.2 Å². The highest BCUT2D eigenvalue weighted by molar-refractivity contribution is 7.11. The van der Waals surface area contributed by atoms with Gasteiger partial charge in [0.1, 0.15) is 0 Å². The molecule has 20 heavy (non-hydrogen) atoms. The summed E-state index contributed by atoms with van der Waals surface area (Å²) in [5, 5.41) is 2.01. The molecule has 0 N–H and O–H groups in total. The Morgan fingerprint density at radius 3 is 2.55 bits per heavy atom. The topological polar surface area (TPSA) is 20.3 Å². The Morgan fingerprint density at radius 2 is 2.00 bits per heavy atom. The molecule has 0 aliphatic carbocycles. The zero-order valence-corrected chi connectivity index (χ0v) is 12.3. The van der Waals surface area contributed by atoms with E-state index in [1.165, 1.54) is 0 Å². The summed E-state index contributed by atoms with van der Waals surface area (Å²) in [5.74, 6) is 0.0235. The van der Waals surface area contributed by atoms with Crippen LogP contribution in [0.4, 0.5) is 0 Å². The van der Waals surface area contributed by atoms with Gasteiger partial charge in [0.15, 0.2) is 0 Å². The molecule has 0 atom stereocenters. The number of nitrogens with zero attached hydrogens (tertiary/aromatic N) is 1. The van der Waals surface area contributed by atoms with Crippen LogP contribution in [0, 0.1) is 0 Å². The lowest BCUT2D eigenvalue weighted by Gasteiger charge is -2.23. The van der Waals surface area contributed by atoms with Crippen LogP contribution >= 0.6 is 11.3 Å². The van der Waals surface area contributed by atoms with Gasteiger partial charge in [-0.25, -0.2) is 0 Å². The normalized spacial score (nSPS) is 11.2. The van der Waals surface area contributed by atoms with Crippen LogP contribution in [0.2, 0.25) is 0 Å². The minimum atomic E-state index is 0.0235. The van der Waals surface area contributed by atoms with Crippen molar-refractivity contribution in [2.75, 3.05) is 0 Å². The van der Waals surface area contributed by atoms with E-state index < -0.39 is 0 Å². The molecule has 0 unspecified atom stereocenters. The molecule has 1 aromatic heterocycles. The Balaban J connectivity index is 2.33. The molecular weight excluding hydrogens is 266 g/mol. The second-order valence-corrected chi connectivity index (χ2v) is 5.30. The number of hydrogen-bond acceptors (Lipinski definition) is 2. The fraction of sp³-hybridized carbons (Fsp3) is 0.118. The van der Waals surface area contributed by atoms with E-state index in [0.717, 1.165) is 16.1 Å². The Bertz CT molecular complexity index is 599. The zero-order chi connectivity index (χ0) is 14.4. The highest BCUT2D eigenvalue weighted by atomic mass is 32.1. The number of carbonyl (C=O) groups is 1. The van der Waals surface area contributed by atoms with Crippen LogP contribution in [0.3, 0.4) is 0 Å². The number of allylic oxidation sites excluding steroid dienone is 2. The van der Waals surface area contributed by atoms with Gasteiger partial charge < -0.3 is 4.90 Å². The van der Waals surface area contributed by atoms with Gasteiger partial charge >= 0.3 is 0 Å². The maximum Gasteiger partial charge on any atom is 0.224 e. The molecular formula is C17H17NOS. The molecule has 0 saturated carbocycles. The predicted octanol–water partition coefficient (Wildman–Crippen LogP) is 4.32. The van der Waals surface area contributed by atoms with Crippen LogP contribution in [0.15, 0.2) is 66.6 Å². The van der Waals surface area contributed by atoms with Gasteiger partial charge in [-0.1, -0.05) is 49.1 Å². The number of benzene rings is 1. The van der Waals surface area contributed by atoms with Crippen molar-refractivity contribution in [2.45, 2.75) is 13.5 Å². The summed E-state index contributed by atoms with van der Waals surface area (Å²) in [4.78, 5) is 14.9. The molecule has 0 radical (unpaired) electrons. The van der Waals surface area contributed by atoms with Crippen LogP contribution in [-0.4, -0.2) is 10.8 Å². The van der Waals surface area contributed by atoms with E-state index in [4.69, 9.17) is 0 Å². The first kappa shape index (κ1) is 14.3. The lowest BCUT2D eigenvalue weighted by molar-refractivity contribution is -0.126. The highest BCUT2D eigenvalue weighted by Gasteiger charge is 2.16. The average molecular weight is 283 g/mol. The van der Waals surface area contributed by atoms with E-state index in [0.29, 0.717) is 6.54 Å². The minimum Gasteiger partial charge on any atom is -0.307 e. The smallest absolute Gasteiger partial charge is 0.224 e. The molecule has 0 spiro atoms. The van der Waals surface area contributed by atoms with Crippen molar-refractivity contribution in [3.8, 4) is 0 Å². The minimum absolute atomic E-state index is 0.0235. The van der Waals surface area contributed by atoms with Crippen molar-refractivity contribution in [1.82, 2.24) is 4.90 Å². The average Bonchev–Trinajstić information content (AvgIpc) is 2.97. The van der Waals surface area contributed by atoms with Crippen molar-refractivity contribution in [3.63, 3.8) is 0 Å². The van der Waals surface area contributed by atoms with Crippen LogP contribution in [-0.2, 0) is 11.3 Å². The lowest BCUT2D eigenvalue weighted by Crippen LogP contribution is -2.26. The molecule has 0 aliphatic heterocycles. The quantitative estimate of drug-likeness (QED) is 0.748. The van der Waals surface area contributed by atoms with E-state index in [1.807, 2.05) is 53.9 Å². The summed E-state index contributed by atoms with van der Waals surface area (Å²) in [6.07, 6.45) is 3.60. The zero-order valence-electron chi connectivity index (χ0n) is 11.5. The third-order valence-corrected chi connectivity index (χ3v) is 3.80. The Hall–Kier alpha value is -2.13. The van der Waals surface area contributed by atoms with Gasteiger partial charge in [0, 0.05) is 6.92 Å². The summed E-state index contributed by atoms with van der Waals surface area (Å²) >= 11 is 1.62. The van der Waals surface area contributed by atoms with Gasteiger partial charge in [0.25, 0.3) is 0 Å². The first-order valence-corrected chi connectivity index (χ1v) is 7.29. The second kappa shape index (κ2) is 6.87. The Morgan fingerprint density at radius 1 is 1.25 bits per heavy atom. The van der Waals surface area contributed by atoms with Crippen molar-refractivity contribution in [3.05, 3.63) is 77.0 Å². The molecule has 2 rings (SSSR count). The van der Waals surface area contributed by atoms with Gasteiger partial charge in [-0.15, -0.1) is 11.3 Å². The second-order valence-electron chi connectivity index (χ2n) is 4.36. The van der Waals surface area contributed by atoms with Crippen molar-refractivity contribution in [1.29, 1.82) is 0 Å². The van der Waals surface area contributed by atoms with Crippen LogP contribution in [0.1, 0.15) is 17.4 Å². The summed E-state index contributed by atoms with van der Waals surface area (Å²) in [6, 6.07) is 14.0. The maximum absolute atomic E-state index is 12.0. The largest absolute Gasteiger partial charge is 0.307 e. The molecule has 0 saturated heterocycles. The van der Waals surface area contributed by atoms with Gasteiger partial charge in [-0.2, -0.15) is 0 Å². The number of amides is 1. The van der Waals surface area contributed by atoms with E-state index >= 15 is 0 Å². The monoisotopic (exact) mass is 283 g/mol. The number of carbonyl (C=O) groups excluding carboxylic acids is 1. The molecule has 0 aliphatic rings. The Labute approximate surface area is 123 Å². The van der Waals surface area contributed by atoms with Gasteiger partial charge in [0.2, 0.25) is 5.91 Å². The Kier molecular flexibility index (Phi) is 4.91. The number of thiophene rings is 1. The first-order valence-electron chi connectivity index (χ1n) is 6.41. The molecule has 2 aromatic rings. The molecule has 0 bridgehead atoms. The van der Waals surface area contributed by atoms with Crippen molar-refractivity contribution < 1.29 is 4.79 Å². The fourth-order valence-corrected chi connectivity index (χ4v) is 2.73. The first-order chi connectivity index (χ1) is 9.72. The standard InChI is InChI=1S/C17H17NOS/c1-3-8-16(17-11-7-12-20-17)18(14(2)19)13-15-9-5-4-6-10-15/h3-12H,1,13H2,2H3/b16-8-. The van der Waals surface area contributed by atoms with Crippen molar-refractivity contribution in [2.24, 2.45) is 0 Å². The fourth-order valence-electron chi connectivity index (χ4n) is 1.97. The highest BCUT2D eigenvalue weighted by Crippen LogP contribution is 2.26. The summed E-state index contributed by atoms with van der Waals surface area (Å²) < 4.78 is 0. The summed E-state index contributed by atoms with van der Waals surface area (Å²) in [6.45, 7) is 5.90. The SMILES string of the molecule is C=C/C=C(/c1cccs1)N(Cc1ccccc1)C(C)=O. The molecule has 1 aromatic carbocycles. The molecule has 1 heterocycles. The van der Waals surface area contributed by atoms with E-state index in [-0.39, 0.29) is 5.91 Å². The predicted molar refractivity (Wildman–Crippen MR) is 85.2 cm³/mol. The third-order valence-electron chi connectivity index (χ3n) is 2.90. The van der Waals surface area contributed by atoms with Crippen molar-refractivity contribution >= 4 is 22.9 Å².